The van der Waals surface area contributed by atoms with E-state index >= 15 is 0 Å². The minimum atomic E-state index is 0.0811. The van der Waals surface area contributed by atoms with E-state index in [1.807, 2.05) is 12.3 Å². The monoisotopic (exact) mass is 679 g/mol. The normalized spacial score (nSPS) is 14.3. The van der Waals surface area contributed by atoms with Crippen LogP contribution in [0.4, 0.5) is 0 Å². The number of benzene rings is 7. The maximum atomic E-state index is 5.23. The Labute approximate surface area is 310 Å². The van der Waals surface area contributed by atoms with Crippen LogP contribution in [0.2, 0.25) is 0 Å². The second kappa shape index (κ2) is 13.8. The molecule has 3 nitrogen and oxygen atoms in total. The lowest BCUT2D eigenvalue weighted by atomic mass is 9.88. The molecule has 3 heteroatoms. The predicted molar refractivity (Wildman–Crippen MR) is 224 cm³/mol. The Morgan fingerprint density at radius 3 is 1.85 bits per heavy atom. The van der Waals surface area contributed by atoms with Crippen LogP contribution in [-0.2, 0) is 0 Å². The largest absolute Gasteiger partial charge is 0.296 e. The van der Waals surface area contributed by atoms with Crippen LogP contribution in [0.5, 0.6) is 0 Å². The van der Waals surface area contributed by atoms with Crippen LogP contribution in [0.15, 0.2) is 193 Å². The first-order valence-electron chi connectivity index (χ1n) is 18.1. The molecule has 1 aliphatic carbocycles. The molecule has 0 saturated heterocycles. The molecule has 0 amide bonds. The molecule has 53 heavy (non-hydrogen) atoms. The van der Waals surface area contributed by atoms with Gasteiger partial charge in [-0.3, -0.25) is 4.99 Å². The van der Waals surface area contributed by atoms with Gasteiger partial charge in [0.25, 0.3) is 0 Å². The van der Waals surface area contributed by atoms with Crippen molar-refractivity contribution in [3.63, 3.8) is 0 Å². The number of fused-ring (bicyclic) bond motifs is 6. The maximum Gasteiger partial charge on any atom is 0.160 e. The molecule has 7 aromatic carbocycles. The summed E-state index contributed by atoms with van der Waals surface area (Å²) in [7, 11) is 1.78. The first-order valence-corrected chi connectivity index (χ1v) is 18.1. The van der Waals surface area contributed by atoms with Crippen LogP contribution in [0, 0.1) is 0 Å². The molecular formula is C50H37N3. The fraction of sp³-hybridized carbons (Fsp3) is 0.0600. The molecule has 1 aromatic heterocycles. The minimum absolute atomic E-state index is 0.0811. The van der Waals surface area contributed by atoms with Crippen LogP contribution in [-0.4, -0.2) is 23.2 Å². The van der Waals surface area contributed by atoms with E-state index in [-0.39, 0.29) is 5.92 Å². The maximum absolute atomic E-state index is 5.23. The molecular weight excluding hydrogens is 643 g/mol. The summed E-state index contributed by atoms with van der Waals surface area (Å²) in [4.78, 5) is 14.6. The smallest absolute Gasteiger partial charge is 0.160 e. The van der Waals surface area contributed by atoms with Crippen molar-refractivity contribution in [2.24, 2.45) is 4.99 Å². The third-order valence-electron chi connectivity index (χ3n) is 10.4. The third kappa shape index (κ3) is 6.17. The quantitative estimate of drug-likeness (QED) is 0.124. The zero-order chi connectivity index (χ0) is 35.7. The molecule has 0 fully saturated rings. The molecule has 1 atom stereocenters. The minimum Gasteiger partial charge on any atom is -0.296 e. The van der Waals surface area contributed by atoms with Crippen molar-refractivity contribution in [2.45, 2.75) is 12.3 Å². The van der Waals surface area contributed by atoms with Crippen LogP contribution < -0.4 is 0 Å². The number of allylic oxidation sites excluding steroid dienone is 5. The van der Waals surface area contributed by atoms with Gasteiger partial charge >= 0.3 is 0 Å². The summed E-state index contributed by atoms with van der Waals surface area (Å²) in [6.45, 7) is 4.26. The van der Waals surface area contributed by atoms with Gasteiger partial charge in [0.2, 0.25) is 0 Å². The molecule has 0 radical (unpaired) electrons. The fourth-order valence-corrected chi connectivity index (χ4v) is 7.68. The summed E-state index contributed by atoms with van der Waals surface area (Å²) in [6, 6.07) is 54.3. The highest BCUT2D eigenvalue weighted by Gasteiger charge is 2.20. The third-order valence-corrected chi connectivity index (χ3v) is 10.4. The molecule has 252 valence electrons. The number of aliphatic imine (C=N–C) groups is 1. The van der Waals surface area contributed by atoms with Gasteiger partial charge in [0.1, 0.15) is 0 Å². The molecule has 8 aromatic rings. The number of rotatable bonds is 7. The molecule has 0 bridgehead atoms. The summed E-state index contributed by atoms with van der Waals surface area (Å²) in [5.41, 5.74) is 10.7. The Balaban J connectivity index is 1.12. The van der Waals surface area contributed by atoms with Gasteiger partial charge in [-0.05, 0) is 90.3 Å². The molecule has 0 saturated carbocycles. The van der Waals surface area contributed by atoms with E-state index in [2.05, 4.69) is 175 Å². The second-order valence-electron chi connectivity index (χ2n) is 13.7. The topological polar surface area (TPSA) is 38.1 Å². The summed E-state index contributed by atoms with van der Waals surface area (Å²) >= 11 is 0. The zero-order valence-corrected chi connectivity index (χ0v) is 29.6. The molecule has 1 unspecified atom stereocenters. The Morgan fingerprint density at radius 1 is 0.566 bits per heavy atom. The zero-order valence-electron chi connectivity index (χ0n) is 29.6. The van der Waals surface area contributed by atoms with Crippen LogP contribution >= 0.6 is 0 Å². The lowest BCUT2D eigenvalue weighted by Gasteiger charge is -2.20. The van der Waals surface area contributed by atoms with Crippen LogP contribution in [0.25, 0.3) is 77.2 Å². The molecule has 0 aliphatic heterocycles. The van der Waals surface area contributed by atoms with E-state index in [0.717, 1.165) is 51.2 Å². The van der Waals surface area contributed by atoms with E-state index in [1.165, 1.54) is 43.4 Å². The summed E-state index contributed by atoms with van der Waals surface area (Å²) in [6.07, 6.45) is 9.09. The van der Waals surface area contributed by atoms with Gasteiger partial charge in [0, 0.05) is 30.3 Å². The van der Waals surface area contributed by atoms with Gasteiger partial charge in [-0.2, -0.15) is 0 Å². The van der Waals surface area contributed by atoms with Crippen molar-refractivity contribution in [3.8, 4) is 44.9 Å². The highest BCUT2D eigenvalue weighted by molar-refractivity contribution is 6.25. The fourth-order valence-electron chi connectivity index (χ4n) is 7.68. The average Bonchev–Trinajstić information content (AvgIpc) is 3.24. The molecule has 0 spiro atoms. The van der Waals surface area contributed by atoms with Crippen molar-refractivity contribution in [1.82, 2.24) is 9.97 Å². The van der Waals surface area contributed by atoms with Crippen molar-refractivity contribution in [2.75, 3.05) is 7.05 Å². The van der Waals surface area contributed by atoms with Gasteiger partial charge < -0.3 is 0 Å². The van der Waals surface area contributed by atoms with Gasteiger partial charge in [-0.25, -0.2) is 9.97 Å². The van der Waals surface area contributed by atoms with Crippen molar-refractivity contribution in [1.29, 1.82) is 0 Å². The van der Waals surface area contributed by atoms with Gasteiger partial charge in [-0.1, -0.05) is 158 Å². The number of aromatic nitrogens is 2. The SMILES string of the molecule is C=C(/C=N\C)C1=CC=CC(c2cc(-c3cccc(-c4ccccc4)c3)nc(-c3ccc(-c4ccc5c6ccccc6c6ccccc6c5c4)cc3)n2)C1. The molecule has 0 N–H and O–H groups in total. The molecule has 9 rings (SSSR count). The summed E-state index contributed by atoms with van der Waals surface area (Å²) in [5, 5.41) is 7.66. The number of nitrogens with zero attached hydrogens (tertiary/aromatic N) is 3. The summed E-state index contributed by atoms with van der Waals surface area (Å²) in [5.74, 6) is 0.793. The van der Waals surface area contributed by atoms with Crippen molar-refractivity contribution in [3.05, 3.63) is 193 Å². The Bertz CT molecular complexity index is 2740. The van der Waals surface area contributed by atoms with Gasteiger partial charge in [0.05, 0.1) is 11.4 Å². The van der Waals surface area contributed by atoms with Crippen LogP contribution in [0.3, 0.4) is 0 Å². The van der Waals surface area contributed by atoms with E-state index in [4.69, 9.17) is 9.97 Å². The highest BCUT2D eigenvalue weighted by Crippen LogP contribution is 2.38. The number of hydrogen-bond acceptors (Lipinski definition) is 3. The van der Waals surface area contributed by atoms with Gasteiger partial charge in [0.15, 0.2) is 5.82 Å². The summed E-state index contributed by atoms with van der Waals surface area (Å²) < 4.78 is 0. The Hall–Kier alpha value is -6.71. The standard InChI is InChI=1S/C50H37N3/c1-33(32-51-2)37-14-10-16-40(28-37)48-31-49(41-17-11-15-38(29-41)34-12-4-3-5-13-34)53-50(52-48)36-24-22-35(23-25-36)39-26-27-46-44-20-7-6-18-42(44)43-19-8-9-21-45(43)47(46)30-39/h3-27,29-32,40H,1,28H2,2H3/b51-32-. The lowest BCUT2D eigenvalue weighted by molar-refractivity contribution is 0.789. The van der Waals surface area contributed by atoms with E-state index in [1.54, 1.807) is 7.05 Å². The average molecular weight is 680 g/mol. The van der Waals surface area contributed by atoms with Crippen molar-refractivity contribution >= 4 is 38.5 Å². The van der Waals surface area contributed by atoms with E-state index < -0.39 is 0 Å². The molecule has 1 aliphatic rings. The Morgan fingerprint density at radius 2 is 1.13 bits per heavy atom. The number of hydrogen-bond donors (Lipinski definition) is 0. The molecule has 1 heterocycles. The lowest BCUT2D eigenvalue weighted by Crippen LogP contribution is -2.07. The van der Waals surface area contributed by atoms with Gasteiger partial charge in [-0.15, -0.1) is 0 Å². The van der Waals surface area contributed by atoms with Crippen molar-refractivity contribution < 1.29 is 0 Å². The van der Waals surface area contributed by atoms with E-state index in [9.17, 15) is 0 Å². The Kier molecular flexibility index (Phi) is 8.38. The predicted octanol–water partition coefficient (Wildman–Crippen LogP) is 12.8. The highest BCUT2D eigenvalue weighted by atomic mass is 14.9. The first-order chi connectivity index (χ1) is 26.1. The van der Waals surface area contributed by atoms with Crippen LogP contribution in [0.1, 0.15) is 18.0 Å². The van der Waals surface area contributed by atoms with E-state index in [0.29, 0.717) is 5.82 Å². The first kappa shape index (κ1) is 32.2. The second-order valence-corrected chi connectivity index (χ2v) is 13.7.